The van der Waals surface area contributed by atoms with Gasteiger partial charge in [-0.1, -0.05) is 18.2 Å². The quantitative estimate of drug-likeness (QED) is 0.712. The smallest absolute Gasteiger partial charge is 0.241 e. The molecule has 32 heavy (non-hydrogen) atoms. The van der Waals surface area contributed by atoms with Crippen molar-refractivity contribution in [2.75, 3.05) is 61.6 Å². The van der Waals surface area contributed by atoms with Crippen LogP contribution < -0.4 is 15.1 Å². The fourth-order valence-electron chi connectivity index (χ4n) is 4.52. The molecule has 2 heterocycles. The van der Waals surface area contributed by atoms with Crippen LogP contribution in [0.2, 0.25) is 0 Å². The highest BCUT2D eigenvalue weighted by Gasteiger charge is 2.21. The molecule has 2 aromatic carbocycles. The van der Waals surface area contributed by atoms with Crippen LogP contribution >= 0.6 is 0 Å². The Morgan fingerprint density at radius 3 is 2.38 bits per heavy atom. The van der Waals surface area contributed by atoms with Gasteiger partial charge in [0.2, 0.25) is 5.91 Å². The number of carbonyl (C=O) groups excluding carboxylic acids is 1. The molecule has 2 aliphatic rings. The number of amides is 1. The van der Waals surface area contributed by atoms with Gasteiger partial charge in [-0.3, -0.25) is 9.69 Å². The molecule has 1 amide bonds. The number of piperidine rings is 1. The number of hydrogen-bond acceptors (Lipinski definition) is 5. The number of hydrogen-bond donors (Lipinski definition) is 1. The van der Waals surface area contributed by atoms with E-state index < -0.39 is 0 Å². The second kappa shape index (κ2) is 10.8. The van der Waals surface area contributed by atoms with Gasteiger partial charge in [-0.15, -0.1) is 0 Å². The molecule has 0 spiro atoms. The van der Waals surface area contributed by atoms with Gasteiger partial charge in [-0.05, 0) is 69.1 Å². The average molecular weight is 437 g/mol. The first kappa shape index (κ1) is 22.6. The molecule has 2 fully saturated rings. The maximum atomic E-state index is 12.9. The van der Waals surface area contributed by atoms with E-state index in [1.807, 2.05) is 26.1 Å². The van der Waals surface area contributed by atoms with Gasteiger partial charge >= 0.3 is 0 Å². The third kappa shape index (κ3) is 5.61. The molecule has 6 heteroatoms. The zero-order valence-corrected chi connectivity index (χ0v) is 19.4. The predicted molar refractivity (Wildman–Crippen MR) is 132 cm³/mol. The fraction of sp³-hybridized carbons (Fsp3) is 0.500. The third-order valence-corrected chi connectivity index (χ3v) is 6.66. The molecule has 0 saturated carbocycles. The van der Waals surface area contributed by atoms with Crippen molar-refractivity contribution in [3.05, 3.63) is 54.1 Å². The van der Waals surface area contributed by atoms with Crippen molar-refractivity contribution in [3.63, 3.8) is 0 Å². The Kier molecular flexibility index (Phi) is 7.66. The molecular weight excluding hydrogens is 400 g/mol. The average Bonchev–Trinajstić information content (AvgIpc) is 2.85. The van der Waals surface area contributed by atoms with Crippen LogP contribution in [0.25, 0.3) is 0 Å². The van der Waals surface area contributed by atoms with Crippen LogP contribution in [0.5, 0.6) is 0 Å². The zero-order chi connectivity index (χ0) is 22.3. The summed E-state index contributed by atoms with van der Waals surface area (Å²) < 4.78 is 5.42. The van der Waals surface area contributed by atoms with E-state index in [9.17, 15) is 4.79 Å². The number of nitrogens with zero attached hydrogens (tertiary/aromatic N) is 3. The monoisotopic (exact) mass is 436 g/mol. The number of morpholine rings is 1. The van der Waals surface area contributed by atoms with Crippen molar-refractivity contribution >= 4 is 23.0 Å². The summed E-state index contributed by atoms with van der Waals surface area (Å²) in [5, 5.41) is 3.08. The summed E-state index contributed by atoms with van der Waals surface area (Å²) in [7, 11) is 2.03. The Hall–Kier alpha value is -2.57. The number of anilines is 3. The first-order chi connectivity index (χ1) is 15.6. The highest BCUT2D eigenvalue weighted by molar-refractivity contribution is 5.94. The molecule has 1 N–H and O–H groups in total. The maximum absolute atomic E-state index is 12.9. The second-order valence-electron chi connectivity index (χ2n) is 8.90. The zero-order valence-electron chi connectivity index (χ0n) is 19.4. The van der Waals surface area contributed by atoms with Crippen molar-refractivity contribution in [1.82, 2.24) is 4.90 Å². The number of likely N-dealkylation sites (N-methyl/N-ethyl adjacent to an activating group) is 1. The van der Waals surface area contributed by atoms with Crippen LogP contribution in [-0.4, -0.2) is 63.3 Å². The first-order valence-corrected chi connectivity index (χ1v) is 11.9. The third-order valence-electron chi connectivity index (χ3n) is 6.66. The van der Waals surface area contributed by atoms with Gasteiger partial charge in [0.1, 0.15) is 0 Å². The molecular formula is C26H36N4O2. The Balaban J connectivity index is 1.35. The van der Waals surface area contributed by atoms with E-state index in [0.717, 1.165) is 51.6 Å². The van der Waals surface area contributed by atoms with E-state index in [1.54, 1.807) is 0 Å². The minimum Gasteiger partial charge on any atom is -0.378 e. The number of para-hydroxylation sites is 1. The molecule has 0 bridgehead atoms. The Morgan fingerprint density at radius 1 is 0.969 bits per heavy atom. The summed E-state index contributed by atoms with van der Waals surface area (Å²) in [5.41, 5.74) is 4.60. The van der Waals surface area contributed by atoms with Crippen LogP contribution in [0.15, 0.2) is 48.5 Å². The van der Waals surface area contributed by atoms with Crippen LogP contribution in [0, 0.1) is 0 Å². The standard InChI is InChI=1S/C26H36N4O2/c1-21(26(31)27-23-10-12-24(13-11-23)29-16-18-32-19-17-29)28(2)20-22-8-4-5-9-25(22)30-14-6-3-7-15-30/h4-5,8-13,21H,3,6-7,14-20H2,1-2H3,(H,27,31). The minimum atomic E-state index is -0.233. The summed E-state index contributed by atoms with van der Waals surface area (Å²) in [6.07, 6.45) is 3.84. The molecule has 0 aliphatic carbocycles. The van der Waals surface area contributed by atoms with Crippen molar-refractivity contribution in [3.8, 4) is 0 Å². The van der Waals surface area contributed by atoms with Crippen molar-refractivity contribution in [1.29, 1.82) is 0 Å². The lowest BCUT2D eigenvalue weighted by Gasteiger charge is -2.32. The second-order valence-corrected chi connectivity index (χ2v) is 8.90. The van der Waals surface area contributed by atoms with Gasteiger partial charge in [-0.25, -0.2) is 0 Å². The van der Waals surface area contributed by atoms with Gasteiger partial charge < -0.3 is 19.9 Å². The van der Waals surface area contributed by atoms with Crippen LogP contribution in [0.1, 0.15) is 31.7 Å². The van der Waals surface area contributed by atoms with E-state index in [2.05, 4.69) is 56.4 Å². The van der Waals surface area contributed by atoms with E-state index in [1.165, 1.54) is 36.2 Å². The number of nitrogens with one attached hydrogen (secondary N) is 1. The fourth-order valence-corrected chi connectivity index (χ4v) is 4.52. The van der Waals surface area contributed by atoms with E-state index in [4.69, 9.17) is 4.74 Å². The Bertz CT molecular complexity index is 874. The highest BCUT2D eigenvalue weighted by atomic mass is 16.5. The summed E-state index contributed by atoms with van der Waals surface area (Å²) in [4.78, 5) is 19.9. The molecule has 4 rings (SSSR count). The van der Waals surface area contributed by atoms with Gasteiger partial charge in [0.05, 0.1) is 19.3 Å². The highest BCUT2D eigenvalue weighted by Crippen LogP contribution is 2.26. The largest absolute Gasteiger partial charge is 0.378 e. The molecule has 6 nitrogen and oxygen atoms in total. The molecule has 0 aromatic heterocycles. The van der Waals surface area contributed by atoms with Crippen molar-refractivity contribution in [2.45, 2.75) is 38.8 Å². The summed E-state index contributed by atoms with van der Waals surface area (Å²) >= 11 is 0. The SMILES string of the molecule is CC(C(=O)Nc1ccc(N2CCOCC2)cc1)N(C)Cc1ccccc1N1CCCCC1. The molecule has 2 aliphatic heterocycles. The number of ether oxygens (including phenoxy) is 1. The lowest BCUT2D eigenvalue weighted by atomic mass is 10.1. The van der Waals surface area contributed by atoms with Crippen LogP contribution in [-0.2, 0) is 16.1 Å². The summed E-state index contributed by atoms with van der Waals surface area (Å²) in [6.45, 7) is 8.32. The van der Waals surface area contributed by atoms with E-state index in [0.29, 0.717) is 0 Å². The lowest BCUT2D eigenvalue weighted by molar-refractivity contribution is -0.120. The lowest BCUT2D eigenvalue weighted by Crippen LogP contribution is -2.39. The van der Waals surface area contributed by atoms with Gasteiger partial charge in [-0.2, -0.15) is 0 Å². The molecule has 2 saturated heterocycles. The predicted octanol–water partition coefficient (Wildman–Crippen LogP) is 3.97. The first-order valence-electron chi connectivity index (χ1n) is 11.9. The van der Waals surface area contributed by atoms with Crippen molar-refractivity contribution in [2.24, 2.45) is 0 Å². The van der Waals surface area contributed by atoms with Crippen LogP contribution in [0.4, 0.5) is 17.1 Å². The van der Waals surface area contributed by atoms with E-state index in [-0.39, 0.29) is 11.9 Å². The number of carbonyl (C=O) groups is 1. The number of benzene rings is 2. The Labute approximate surface area is 192 Å². The van der Waals surface area contributed by atoms with Gasteiger partial charge in [0.15, 0.2) is 0 Å². The minimum absolute atomic E-state index is 0.0158. The van der Waals surface area contributed by atoms with E-state index >= 15 is 0 Å². The van der Waals surface area contributed by atoms with Gasteiger partial charge in [0, 0.05) is 49.8 Å². The molecule has 172 valence electrons. The summed E-state index contributed by atoms with van der Waals surface area (Å²) in [6, 6.07) is 16.5. The molecule has 2 aromatic rings. The normalized spacial score (nSPS) is 18.0. The molecule has 1 atom stereocenters. The molecule has 0 radical (unpaired) electrons. The summed E-state index contributed by atoms with van der Waals surface area (Å²) in [5.74, 6) is 0.0158. The topological polar surface area (TPSA) is 48.1 Å². The Morgan fingerprint density at radius 2 is 1.66 bits per heavy atom. The van der Waals surface area contributed by atoms with Gasteiger partial charge in [0.25, 0.3) is 0 Å². The maximum Gasteiger partial charge on any atom is 0.241 e. The van der Waals surface area contributed by atoms with Crippen LogP contribution in [0.3, 0.4) is 0 Å². The van der Waals surface area contributed by atoms with Crippen molar-refractivity contribution < 1.29 is 9.53 Å². The number of rotatable bonds is 7. The molecule has 1 unspecified atom stereocenters.